The average molecular weight is 451 g/mol. The van der Waals surface area contributed by atoms with E-state index < -0.39 is 20.0 Å². The second-order valence-electron chi connectivity index (χ2n) is 6.61. The Morgan fingerprint density at radius 3 is 2.17 bits per heavy atom. The molecular formula is C18H22N6O4S2. The van der Waals surface area contributed by atoms with Crippen molar-refractivity contribution in [1.82, 2.24) is 19.7 Å². The molecular weight excluding hydrogens is 428 g/mol. The Bertz CT molecular complexity index is 1260. The highest BCUT2D eigenvalue weighted by molar-refractivity contribution is 7.93. The molecule has 2 N–H and O–H groups in total. The number of sulfonamides is 2. The van der Waals surface area contributed by atoms with Crippen molar-refractivity contribution in [3.8, 4) is 0 Å². The largest absolute Gasteiger partial charge is 0.280 e. The maximum atomic E-state index is 12.6. The number of anilines is 2. The van der Waals surface area contributed by atoms with Gasteiger partial charge in [0.1, 0.15) is 16.5 Å². The Labute approximate surface area is 175 Å². The fourth-order valence-electron chi connectivity index (χ4n) is 2.80. The Morgan fingerprint density at radius 2 is 1.60 bits per heavy atom. The van der Waals surface area contributed by atoms with Gasteiger partial charge in [-0.1, -0.05) is 0 Å². The fourth-order valence-corrected chi connectivity index (χ4v) is 5.04. The summed E-state index contributed by atoms with van der Waals surface area (Å²) in [6.07, 6.45) is 1.45. The topological polar surface area (TPSA) is 136 Å². The average Bonchev–Trinajstić information content (AvgIpc) is 3.02. The lowest BCUT2D eigenvalue weighted by Crippen LogP contribution is -2.16. The molecule has 0 radical (unpaired) electrons. The van der Waals surface area contributed by atoms with Crippen molar-refractivity contribution in [3.05, 3.63) is 53.7 Å². The van der Waals surface area contributed by atoms with Crippen LogP contribution in [0.15, 0.2) is 46.3 Å². The van der Waals surface area contributed by atoms with Gasteiger partial charge in [0.2, 0.25) is 0 Å². The van der Waals surface area contributed by atoms with Gasteiger partial charge >= 0.3 is 0 Å². The summed E-state index contributed by atoms with van der Waals surface area (Å²) in [6, 6.07) is 6.89. The number of hydrogen-bond acceptors (Lipinski definition) is 7. The molecule has 0 aliphatic rings. The van der Waals surface area contributed by atoms with Crippen LogP contribution in [0.3, 0.4) is 0 Å². The molecule has 0 atom stereocenters. The SMILES string of the molecule is CCn1cc(S(=O)(=O)Nc2ccc(S(=O)(=O)Nc3cc(C)nc(C)n3)cc2)c(C)n1. The molecule has 12 heteroatoms. The van der Waals surface area contributed by atoms with Crippen LogP contribution in [0.2, 0.25) is 0 Å². The van der Waals surface area contributed by atoms with Gasteiger partial charge in [0.15, 0.2) is 0 Å². The van der Waals surface area contributed by atoms with Gasteiger partial charge in [0.05, 0.1) is 10.6 Å². The summed E-state index contributed by atoms with van der Waals surface area (Å²) in [5.41, 5.74) is 1.24. The first-order valence-corrected chi connectivity index (χ1v) is 12.0. The van der Waals surface area contributed by atoms with Crippen LogP contribution < -0.4 is 9.44 Å². The quantitative estimate of drug-likeness (QED) is 0.563. The molecule has 2 heterocycles. The Balaban J connectivity index is 1.80. The Kier molecular flexibility index (Phi) is 5.81. The Morgan fingerprint density at radius 1 is 0.933 bits per heavy atom. The molecule has 10 nitrogen and oxygen atoms in total. The predicted molar refractivity (Wildman–Crippen MR) is 112 cm³/mol. The monoisotopic (exact) mass is 450 g/mol. The molecule has 0 fully saturated rings. The lowest BCUT2D eigenvalue weighted by molar-refractivity contribution is 0.599. The number of benzene rings is 1. The molecule has 0 aliphatic carbocycles. The Hall–Kier alpha value is -2.99. The second kappa shape index (κ2) is 8.03. The van der Waals surface area contributed by atoms with Crippen LogP contribution in [-0.4, -0.2) is 36.6 Å². The third kappa shape index (κ3) is 4.76. The number of rotatable bonds is 7. The zero-order chi connectivity index (χ0) is 22.1. The summed E-state index contributed by atoms with van der Waals surface area (Å²) in [4.78, 5) is 8.20. The van der Waals surface area contributed by atoms with E-state index in [1.54, 1.807) is 20.8 Å². The van der Waals surface area contributed by atoms with Crippen molar-refractivity contribution < 1.29 is 16.8 Å². The first-order chi connectivity index (χ1) is 14.0. The van der Waals surface area contributed by atoms with Gasteiger partial charge < -0.3 is 0 Å². The number of aromatic nitrogens is 4. The van der Waals surface area contributed by atoms with Gasteiger partial charge in [-0.2, -0.15) is 5.10 Å². The van der Waals surface area contributed by atoms with Gasteiger partial charge in [0, 0.05) is 30.2 Å². The molecule has 0 saturated heterocycles. The summed E-state index contributed by atoms with van der Waals surface area (Å²) in [5, 5.41) is 4.14. The molecule has 3 rings (SSSR count). The van der Waals surface area contributed by atoms with E-state index in [0.717, 1.165) is 0 Å². The summed E-state index contributed by atoms with van der Waals surface area (Å²) >= 11 is 0. The van der Waals surface area contributed by atoms with Crippen molar-refractivity contribution in [2.75, 3.05) is 9.44 Å². The predicted octanol–water partition coefficient (Wildman–Crippen LogP) is 2.22. The summed E-state index contributed by atoms with van der Waals surface area (Å²) in [7, 11) is -7.75. The standard InChI is InChI=1S/C18H22N6O4S2/c1-5-24-11-17(13(3)21-24)30(27,28)22-15-6-8-16(9-7-15)29(25,26)23-18-10-12(2)19-14(4)20-18/h6-11,22H,5H2,1-4H3,(H,19,20,23). The van der Waals surface area contributed by atoms with Crippen LogP contribution in [0.4, 0.5) is 11.5 Å². The maximum absolute atomic E-state index is 12.6. The van der Waals surface area contributed by atoms with Crippen molar-refractivity contribution in [3.63, 3.8) is 0 Å². The highest BCUT2D eigenvalue weighted by Crippen LogP contribution is 2.21. The molecule has 0 unspecified atom stereocenters. The van der Waals surface area contributed by atoms with Gasteiger partial charge in [-0.25, -0.2) is 26.8 Å². The van der Waals surface area contributed by atoms with Crippen LogP contribution >= 0.6 is 0 Å². The van der Waals surface area contributed by atoms with E-state index in [4.69, 9.17) is 0 Å². The molecule has 0 amide bonds. The molecule has 0 saturated carbocycles. The lowest BCUT2D eigenvalue weighted by Gasteiger charge is -2.10. The number of aryl methyl sites for hydroxylation is 4. The minimum atomic E-state index is -3.90. The summed E-state index contributed by atoms with van der Waals surface area (Å²) < 4.78 is 56.8. The summed E-state index contributed by atoms with van der Waals surface area (Å²) in [5.74, 6) is 0.604. The minimum absolute atomic E-state index is 0.0330. The zero-order valence-electron chi connectivity index (χ0n) is 16.9. The smallest absolute Gasteiger partial charge is 0.265 e. The normalized spacial score (nSPS) is 12.0. The van der Waals surface area contributed by atoms with Crippen LogP contribution in [-0.2, 0) is 26.6 Å². The van der Waals surface area contributed by atoms with Crippen LogP contribution in [0.25, 0.3) is 0 Å². The first-order valence-electron chi connectivity index (χ1n) is 9.02. The third-order valence-electron chi connectivity index (χ3n) is 4.14. The van der Waals surface area contributed by atoms with E-state index in [1.807, 2.05) is 6.92 Å². The van der Waals surface area contributed by atoms with Gasteiger partial charge in [-0.05, 0) is 52.0 Å². The summed E-state index contributed by atoms with van der Waals surface area (Å²) in [6.45, 7) is 7.41. The van der Waals surface area contributed by atoms with Gasteiger partial charge in [0.25, 0.3) is 20.0 Å². The molecule has 0 aliphatic heterocycles. The number of hydrogen-bond donors (Lipinski definition) is 2. The van der Waals surface area contributed by atoms with Crippen LogP contribution in [0.1, 0.15) is 24.1 Å². The van der Waals surface area contributed by atoms with E-state index in [-0.39, 0.29) is 21.3 Å². The molecule has 2 aromatic heterocycles. The van der Waals surface area contributed by atoms with Crippen molar-refractivity contribution in [1.29, 1.82) is 0 Å². The van der Waals surface area contributed by atoms with E-state index in [0.29, 0.717) is 23.8 Å². The lowest BCUT2D eigenvalue weighted by atomic mass is 10.3. The minimum Gasteiger partial charge on any atom is -0.280 e. The van der Waals surface area contributed by atoms with Gasteiger partial charge in [-0.15, -0.1) is 0 Å². The van der Waals surface area contributed by atoms with E-state index in [9.17, 15) is 16.8 Å². The number of nitrogens with zero attached hydrogens (tertiary/aromatic N) is 4. The third-order valence-corrected chi connectivity index (χ3v) is 6.99. The fraction of sp³-hybridized carbons (Fsp3) is 0.278. The first kappa shape index (κ1) is 21.7. The number of nitrogens with one attached hydrogen (secondary N) is 2. The van der Waals surface area contributed by atoms with Crippen molar-refractivity contribution >= 4 is 31.6 Å². The molecule has 1 aromatic carbocycles. The molecule has 0 spiro atoms. The molecule has 160 valence electrons. The highest BCUT2D eigenvalue weighted by Gasteiger charge is 2.21. The zero-order valence-corrected chi connectivity index (χ0v) is 18.5. The molecule has 0 bridgehead atoms. The van der Waals surface area contributed by atoms with Crippen LogP contribution in [0.5, 0.6) is 0 Å². The highest BCUT2D eigenvalue weighted by atomic mass is 32.2. The van der Waals surface area contributed by atoms with E-state index >= 15 is 0 Å². The van der Waals surface area contributed by atoms with Crippen LogP contribution in [0, 0.1) is 20.8 Å². The van der Waals surface area contributed by atoms with Crippen molar-refractivity contribution in [2.24, 2.45) is 0 Å². The van der Waals surface area contributed by atoms with Gasteiger partial charge in [-0.3, -0.25) is 14.1 Å². The second-order valence-corrected chi connectivity index (χ2v) is 9.94. The van der Waals surface area contributed by atoms with E-state index in [1.165, 1.54) is 41.2 Å². The molecule has 3 aromatic rings. The van der Waals surface area contributed by atoms with E-state index in [2.05, 4.69) is 24.5 Å². The van der Waals surface area contributed by atoms with Crippen molar-refractivity contribution in [2.45, 2.75) is 44.0 Å². The maximum Gasteiger partial charge on any atom is 0.265 e. The molecule has 30 heavy (non-hydrogen) atoms.